The van der Waals surface area contributed by atoms with E-state index in [0.29, 0.717) is 18.0 Å². The maximum absolute atomic E-state index is 9.21. The number of fused-ring (bicyclic) bond motifs is 2. The van der Waals surface area contributed by atoms with Gasteiger partial charge in [-0.3, -0.25) is 4.90 Å². The van der Waals surface area contributed by atoms with Crippen LogP contribution in [0.3, 0.4) is 0 Å². The van der Waals surface area contributed by atoms with Gasteiger partial charge in [-0.1, -0.05) is 18.2 Å². The first-order valence-electron chi connectivity index (χ1n) is 5.81. The van der Waals surface area contributed by atoms with Crippen molar-refractivity contribution in [1.29, 1.82) is 0 Å². The van der Waals surface area contributed by atoms with E-state index in [0.717, 1.165) is 0 Å². The highest BCUT2D eigenvalue weighted by atomic mass is 16.3. The molecule has 3 heteroatoms. The summed E-state index contributed by atoms with van der Waals surface area (Å²) in [5.41, 5.74) is 1.21. The molecule has 0 spiro atoms. The Labute approximate surface area is 95.4 Å². The van der Waals surface area contributed by atoms with Crippen molar-refractivity contribution >= 4 is 0 Å². The van der Waals surface area contributed by atoms with Crippen LogP contribution >= 0.6 is 0 Å². The molecule has 84 valence electrons. The smallest absolute Gasteiger partial charge is 0.210 e. The third-order valence-corrected chi connectivity index (χ3v) is 3.86. The summed E-state index contributed by atoms with van der Waals surface area (Å²) in [6.45, 7) is 0. The van der Waals surface area contributed by atoms with Gasteiger partial charge in [-0.15, -0.1) is 0 Å². The van der Waals surface area contributed by atoms with Crippen molar-refractivity contribution in [2.75, 3.05) is 7.05 Å². The molecule has 2 aliphatic heterocycles. The van der Waals surface area contributed by atoms with Crippen LogP contribution in [0.4, 0.5) is 0 Å². The molecule has 1 aromatic heterocycles. The lowest BCUT2D eigenvalue weighted by Crippen LogP contribution is -2.44. The second-order valence-electron chi connectivity index (χ2n) is 4.75. The van der Waals surface area contributed by atoms with Crippen LogP contribution in [0.1, 0.15) is 24.4 Å². The fraction of sp³-hybridized carbons (Fsp3) is 0.462. The van der Waals surface area contributed by atoms with Crippen molar-refractivity contribution in [1.82, 2.24) is 9.88 Å². The molecule has 3 unspecified atom stereocenters. The van der Waals surface area contributed by atoms with E-state index in [-0.39, 0.29) is 5.88 Å². The Balaban J connectivity index is 1.95. The van der Waals surface area contributed by atoms with E-state index in [4.69, 9.17) is 0 Å². The molecule has 0 saturated carbocycles. The third kappa shape index (κ3) is 1.43. The molecule has 3 aliphatic rings. The van der Waals surface area contributed by atoms with Crippen LogP contribution in [0.15, 0.2) is 30.5 Å². The van der Waals surface area contributed by atoms with Gasteiger partial charge in [0.25, 0.3) is 0 Å². The summed E-state index contributed by atoms with van der Waals surface area (Å²) in [6, 6.07) is 4.66. The minimum Gasteiger partial charge on any atom is -0.493 e. The molecule has 0 aromatic carbocycles. The SMILES string of the molecule is CN1C2C=CC(CC2)C1c1ccc(O)nc1. The molecule has 3 nitrogen and oxygen atoms in total. The number of rotatable bonds is 1. The molecule has 3 atom stereocenters. The first-order chi connectivity index (χ1) is 7.75. The van der Waals surface area contributed by atoms with E-state index < -0.39 is 0 Å². The molecular weight excluding hydrogens is 200 g/mol. The molecule has 2 bridgehead atoms. The highest BCUT2D eigenvalue weighted by molar-refractivity contribution is 5.25. The van der Waals surface area contributed by atoms with Crippen LogP contribution in [0.25, 0.3) is 0 Å². The second kappa shape index (κ2) is 3.59. The summed E-state index contributed by atoms with van der Waals surface area (Å²) >= 11 is 0. The number of likely N-dealkylation sites (N-methyl/N-ethyl adjacent to an activating group) is 1. The molecule has 1 aromatic rings. The summed E-state index contributed by atoms with van der Waals surface area (Å²) in [7, 11) is 2.18. The van der Waals surface area contributed by atoms with Crippen LogP contribution in [0.2, 0.25) is 0 Å². The summed E-state index contributed by atoms with van der Waals surface area (Å²) in [5, 5.41) is 9.21. The molecule has 4 rings (SSSR count). The van der Waals surface area contributed by atoms with Crippen LogP contribution in [0, 0.1) is 5.92 Å². The lowest BCUT2D eigenvalue weighted by atomic mass is 9.78. The van der Waals surface area contributed by atoms with Gasteiger partial charge in [-0.2, -0.15) is 0 Å². The highest BCUT2D eigenvalue weighted by Gasteiger charge is 2.37. The molecule has 1 aliphatic carbocycles. The third-order valence-electron chi connectivity index (χ3n) is 3.86. The Bertz CT molecular complexity index is 412. The Morgan fingerprint density at radius 3 is 2.75 bits per heavy atom. The van der Waals surface area contributed by atoms with Gasteiger partial charge in [0.1, 0.15) is 0 Å². The normalized spacial score (nSPS) is 33.2. The molecule has 3 heterocycles. The average molecular weight is 216 g/mol. The van der Waals surface area contributed by atoms with E-state index in [1.165, 1.54) is 18.4 Å². The maximum atomic E-state index is 9.21. The summed E-state index contributed by atoms with van der Waals surface area (Å²) < 4.78 is 0. The van der Waals surface area contributed by atoms with E-state index in [1.807, 2.05) is 6.07 Å². The van der Waals surface area contributed by atoms with Gasteiger partial charge in [0.15, 0.2) is 0 Å². The van der Waals surface area contributed by atoms with Gasteiger partial charge in [0.05, 0.1) is 0 Å². The molecular formula is C13H16N2O. The zero-order valence-corrected chi connectivity index (χ0v) is 9.37. The summed E-state index contributed by atoms with van der Waals surface area (Å²) in [5.74, 6) is 0.698. The molecule has 1 saturated heterocycles. The summed E-state index contributed by atoms with van der Waals surface area (Å²) in [6.07, 6.45) is 8.98. The number of nitrogens with zero attached hydrogens (tertiary/aromatic N) is 2. The van der Waals surface area contributed by atoms with Crippen LogP contribution in [-0.2, 0) is 0 Å². The quantitative estimate of drug-likeness (QED) is 0.730. The van der Waals surface area contributed by atoms with E-state index >= 15 is 0 Å². The van der Waals surface area contributed by atoms with Gasteiger partial charge >= 0.3 is 0 Å². The van der Waals surface area contributed by atoms with Crippen molar-refractivity contribution < 1.29 is 5.11 Å². The van der Waals surface area contributed by atoms with Crippen LogP contribution in [-0.4, -0.2) is 28.1 Å². The van der Waals surface area contributed by atoms with E-state index in [9.17, 15) is 5.11 Å². The molecule has 1 N–H and O–H groups in total. The first-order valence-corrected chi connectivity index (χ1v) is 5.81. The van der Waals surface area contributed by atoms with Crippen molar-refractivity contribution in [3.63, 3.8) is 0 Å². The molecule has 0 radical (unpaired) electrons. The Hall–Kier alpha value is -1.35. The van der Waals surface area contributed by atoms with Gasteiger partial charge < -0.3 is 5.11 Å². The topological polar surface area (TPSA) is 36.4 Å². The number of pyridine rings is 1. The van der Waals surface area contributed by atoms with Crippen molar-refractivity contribution in [3.05, 3.63) is 36.0 Å². The van der Waals surface area contributed by atoms with Crippen LogP contribution < -0.4 is 0 Å². The maximum Gasteiger partial charge on any atom is 0.210 e. The Kier molecular flexibility index (Phi) is 2.21. The predicted molar refractivity (Wildman–Crippen MR) is 62.1 cm³/mol. The zero-order chi connectivity index (χ0) is 11.1. The minimum atomic E-state index is 0.0999. The van der Waals surface area contributed by atoms with E-state index in [2.05, 4.69) is 29.1 Å². The number of hydrogen-bond donors (Lipinski definition) is 1. The number of hydrogen-bond acceptors (Lipinski definition) is 3. The molecule has 16 heavy (non-hydrogen) atoms. The highest BCUT2D eigenvalue weighted by Crippen LogP contribution is 2.42. The molecule has 0 amide bonds. The monoisotopic (exact) mass is 216 g/mol. The van der Waals surface area contributed by atoms with Gasteiger partial charge in [-0.05, 0) is 31.4 Å². The fourth-order valence-electron chi connectivity index (χ4n) is 2.99. The van der Waals surface area contributed by atoms with Crippen molar-refractivity contribution in [2.24, 2.45) is 5.92 Å². The average Bonchev–Trinajstić information content (AvgIpc) is 2.32. The molecule has 1 fully saturated rings. The van der Waals surface area contributed by atoms with Crippen molar-refractivity contribution in [2.45, 2.75) is 24.9 Å². The first kappa shape index (κ1) is 9.85. The van der Waals surface area contributed by atoms with E-state index in [1.54, 1.807) is 12.3 Å². The Morgan fingerprint density at radius 2 is 2.19 bits per heavy atom. The zero-order valence-electron chi connectivity index (χ0n) is 9.37. The predicted octanol–water partition coefficient (Wildman–Crippen LogP) is 2.11. The lowest BCUT2D eigenvalue weighted by molar-refractivity contribution is 0.0922. The number of aromatic hydroxyl groups is 1. The summed E-state index contributed by atoms with van der Waals surface area (Å²) in [4.78, 5) is 6.40. The standard InChI is InChI=1S/C13H16N2O/c1-15-11-5-2-9(3-6-11)13(15)10-4-7-12(16)14-8-10/h2,4-5,7-9,11,13H,3,6H2,1H3,(H,14,16). The van der Waals surface area contributed by atoms with Gasteiger partial charge in [0.2, 0.25) is 5.88 Å². The minimum absolute atomic E-state index is 0.0999. The van der Waals surface area contributed by atoms with Gasteiger partial charge in [0, 0.05) is 24.3 Å². The van der Waals surface area contributed by atoms with Crippen molar-refractivity contribution in [3.8, 4) is 5.88 Å². The second-order valence-corrected chi connectivity index (χ2v) is 4.75. The van der Waals surface area contributed by atoms with Gasteiger partial charge in [-0.25, -0.2) is 4.98 Å². The Morgan fingerprint density at radius 1 is 1.31 bits per heavy atom. The fourth-order valence-corrected chi connectivity index (χ4v) is 2.99. The largest absolute Gasteiger partial charge is 0.493 e. The lowest BCUT2D eigenvalue weighted by Gasteiger charge is -2.46. The number of piperidine rings is 1. The van der Waals surface area contributed by atoms with Crippen LogP contribution in [0.5, 0.6) is 5.88 Å². The number of aromatic nitrogens is 1.